The van der Waals surface area contributed by atoms with Crippen molar-refractivity contribution in [3.05, 3.63) is 40.0 Å². The summed E-state index contributed by atoms with van der Waals surface area (Å²) in [5.41, 5.74) is 3.27. The molecule has 2 aromatic rings. The summed E-state index contributed by atoms with van der Waals surface area (Å²) in [4.78, 5) is 9.31. The van der Waals surface area contributed by atoms with E-state index in [1.165, 1.54) is 0 Å². The molecule has 1 N–H and O–H groups in total. The molecule has 0 unspecified atom stereocenters. The summed E-state index contributed by atoms with van der Waals surface area (Å²) in [6.45, 7) is 7.13. The lowest BCUT2D eigenvalue weighted by Crippen LogP contribution is -2.07. The maximum Gasteiger partial charge on any atom is 0.161 e. The van der Waals surface area contributed by atoms with Crippen LogP contribution in [0.4, 0.5) is 5.82 Å². The van der Waals surface area contributed by atoms with Crippen LogP contribution in [0.2, 0.25) is 0 Å². The number of aromatic nitrogens is 2. The van der Waals surface area contributed by atoms with Crippen LogP contribution in [0.25, 0.3) is 11.4 Å². The molecule has 1 heterocycles. The summed E-state index contributed by atoms with van der Waals surface area (Å²) in [6, 6.07) is 8.08. The Morgan fingerprint density at radius 2 is 2.00 bits per heavy atom. The molecule has 4 heteroatoms. The summed E-state index contributed by atoms with van der Waals surface area (Å²) in [7, 11) is 0. The molecule has 0 aliphatic rings. The van der Waals surface area contributed by atoms with Crippen molar-refractivity contribution in [2.75, 3.05) is 11.9 Å². The lowest BCUT2D eigenvalue weighted by molar-refractivity contribution is 0.970. The molecule has 2 rings (SSSR count). The first-order valence-electron chi connectivity index (χ1n) is 6.53. The molecule has 0 bridgehead atoms. The fourth-order valence-electron chi connectivity index (χ4n) is 2.00. The molecule has 0 spiro atoms. The van der Waals surface area contributed by atoms with Gasteiger partial charge < -0.3 is 5.32 Å². The van der Waals surface area contributed by atoms with E-state index in [4.69, 9.17) is 0 Å². The molecule has 0 fully saturated rings. The topological polar surface area (TPSA) is 37.8 Å². The van der Waals surface area contributed by atoms with E-state index in [1.807, 2.05) is 24.3 Å². The first kappa shape index (κ1) is 14.0. The van der Waals surface area contributed by atoms with Gasteiger partial charge in [-0.15, -0.1) is 0 Å². The molecule has 0 saturated heterocycles. The molecule has 19 heavy (non-hydrogen) atoms. The van der Waals surface area contributed by atoms with Crippen LogP contribution in [-0.4, -0.2) is 16.5 Å². The maximum absolute atomic E-state index is 4.67. The average Bonchev–Trinajstić information content (AvgIpc) is 2.41. The summed E-state index contributed by atoms with van der Waals surface area (Å²) >= 11 is 3.49. The average molecular weight is 320 g/mol. The Labute approximate surface area is 122 Å². The van der Waals surface area contributed by atoms with Gasteiger partial charge in [-0.25, -0.2) is 9.97 Å². The Hall–Kier alpha value is -1.42. The van der Waals surface area contributed by atoms with Crippen molar-refractivity contribution in [2.45, 2.75) is 27.2 Å². The van der Waals surface area contributed by atoms with E-state index >= 15 is 0 Å². The molecular formula is C15H18BrN3. The number of nitrogens with one attached hydrogen (secondary N) is 1. The van der Waals surface area contributed by atoms with Gasteiger partial charge in [-0.1, -0.05) is 35.0 Å². The summed E-state index contributed by atoms with van der Waals surface area (Å²) in [6.07, 6.45) is 0.910. The highest BCUT2D eigenvalue weighted by molar-refractivity contribution is 9.10. The van der Waals surface area contributed by atoms with Crippen molar-refractivity contribution < 1.29 is 0 Å². The minimum absolute atomic E-state index is 0.778. The number of halogens is 1. The smallest absolute Gasteiger partial charge is 0.161 e. The highest BCUT2D eigenvalue weighted by atomic mass is 79.9. The number of rotatable bonds is 4. The molecule has 0 aliphatic heterocycles. The maximum atomic E-state index is 4.67. The second-order valence-electron chi connectivity index (χ2n) is 4.36. The minimum Gasteiger partial charge on any atom is -0.370 e. The third-order valence-electron chi connectivity index (χ3n) is 3.01. The molecule has 1 aromatic carbocycles. The molecule has 1 aromatic heterocycles. The van der Waals surface area contributed by atoms with E-state index in [2.05, 4.69) is 52.0 Å². The number of hydrogen-bond donors (Lipinski definition) is 1. The zero-order chi connectivity index (χ0) is 13.8. The molecule has 0 atom stereocenters. The van der Waals surface area contributed by atoms with Crippen LogP contribution < -0.4 is 5.32 Å². The molecule has 100 valence electrons. The van der Waals surface area contributed by atoms with Crippen LogP contribution in [0, 0.1) is 6.92 Å². The SMILES string of the molecule is CCNc1nc(-c2cccc(Br)c2)nc(CC)c1C. The lowest BCUT2D eigenvalue weighted by Gasteiger charge is -2.12. The Bertz CT molecular complexity index is 582. The summed E-state index contributed by atoms with van der Waals surface area (Å²) in [5, 5.41) is 3.31. The summed E-state index contributed by atoms with van der Waals surface area (Å²) < 4.78 is 1.04. The van der Waals surface area contributed by atoms with Crippen molar-refractivity contribution >= 4 is 21.7 Å². The third-order valence-corrected chi connectivity index (χ3v) is 3.50. The van der Waals surface area contributed by atoms with Crippen LogP contribution in [0.3, 0.4) is 0 Å². The number of benzene rings is 1. The van der Waals surface area contributed by atoms with Gasteiger partial charge >= 0.3 is 0 Å². The van der Waals surface area contributed by atoms with Crippen LogP contribution >= 0.6 is 15.9 Å². The fraction of sp³-hybridized carbons (Fsp3) is 0.333. The Morgan fingerprint density at radius 3 is 2.63 bits per heavy atom. The normalized spacial score (nSPS) is 10.5. The molecule has 0 radical (unpaired) electrons. The second-order valence-corrected chi connectivity index (χ2v) is 5.28. The molecule has 0 amide bonds. The minimum atomic E-state index is 0.778. The predicted molar refractivity (Wildman–Crippen MR) is 83.4 cm³/mol. The third kappa shape index (κ3) is 3.13. The summed E-state index contributed by atoms with van der Waals surface area (Å²) in [5.74, 6) is 1.71. The van der Waals surface area contributed by atoms with Gasteiger partial charge in [0, 0.05) is 27.8 Å². The van der Waals surface area contributed by atoms with Crippen LogP contribution in [-0.2, 0) is 6.42 Å². The quantitative estimate of drug-likeness (QED) is 0.917. The first-order valence-corrected chi connectivity index (χ1v) is 7.32. The van der Waals surface area contributed by atoms with Crippen molar-refractivity contribution in [1.82, 2.24) is 9.97 Å². The van der Waals surface area contributed by atoms with E-state index in [-0.39, 0.29) is 0 Å². The van der Waals surface area contributed by atoms with Gasteiger partial charge in [0.2, 0.25) is 0 Å². The van der Waals surface area contributed by atoms with Crippen LogP contribution in [0.15, 0.2) is 28.7 Å². The van der Waals surface area contributed by atoms with E-state index in [1.54, 1.807) is 0 Å². The van der Waals surface area contributed by atoms with Gasteiger partial charge in [-0.2, -0.15) is 0 Å². The van der Waals surface area contributed by atoms with E-state index < -0.39 is 0 Å². The van der Waals surface area contributed by atoms with Crippen molar-refractivity contribution in [2.24, 2.45) is 0 Å². The van der Waals surface area contributed by atoms with E-state index in [0.717, 1.165) is 45.9 Å². The molecule has 0 aliphatic carbocycles. The van der Waals surface area contributed by atoms with Gasteiger partial charge in [0.1, 0.15) is 5.82 Å². The monoisotopic (exact) mass is 319 g/mol. The highest BCUT2D eigenvalue weighted by Gasteiger charge is 2.10. The number of hydrogen-bond acceptors (Lipinski definition) is 3. The highest BCUT2D eigenvalue weighted by Crippen LogP contribution is 2.24. The van der Waals surface area contributed by atoms with Gasteiger partial charge in [-0.05, 0) is 32.4 Å². The number of nitrogens with zero attached hydrogens (tertiary/aromatic N) is 2. The standard InChI is InChI=1S/C15H18BrN3/c1-4-13-10(3)14(17-5-2)19-15(18-13)11-7-6-8-12(16)9-11/h6-9H,4-5H2,1-3H3,(H,17,18,19). The van der Waals surface area contributed by atoms with Crippen LogP contribution in [0.1, 0.15) is 25.1 Å². The molecular weight excluding hydrogens is 302 g/mol. The van der Waals surface area contributed by atoms with Gasteiger partial charge in [-0.3, -0.25) is 0 Å². The second kappa shape index (κ2) is 6.15. The van der Waals surface area contributed by atoms with Crippen molar-refractivity contribution in [3.8, 4) is 11.4 Å². The fourth-order valence-corrected chi connectivity index (χ4v) is 2.40. The Morgan fingerprint density at radius 1 is 1.21 bits per heavy atom. The van der Waals surface area contributed by atoms with Gasteiger partial charge in [0.05, 0.1) is 0 Å². The molecule has 3 nitrogen and oxygen atoms in total. The predicted octanol–water partition coefficient (Wildman–Crippen LogP) is 4.21. The lowest BCUT2D eigenvalue weighted by atomic mass is 10.1. The first-order chi connectivity index (χ1) is 9.15. The molecule has 0 saturated carbocycles. The largest absolute Gasteiger partial charge is 0.370 e. The zero-order valence-corrected chi connectivity index (χ0v) is 13.1. The van der Waals surface area contributed by atoms with Crippen LogP contribution in [0.5, 0.6) is 0 Å². The zero-order valence-electron chi connectivity index (χ0n) is 11.5. The Balaban J connectivity index is 2.54. The van der Waals surface area contributed by atoms with Gasteiger partial charge in [0.25, 0.3) is 0 Å². The van der Waals surface area contributed by atoms with E-state index in [0.29, 0.717) is 0 Å². The van der Waals surface area contributed by atoms with E-state index in [9.17, 15) is 0 Å². The van der Waals surface area contributed by atoms with Gasteiger partial charge in [0.15, 0.2) is 5.82 Å². The van der Waals surface area contributed by atoms with Crippen molar-refractivity contribution in [3.63, 3.8) is 0 Å². The Kier molecular flexibility index (Phi) is 4.53. The van der Waals surface area contributed by atoms with Crippen molar-refractivity contribution in [1.29, 1.82) is 0 Å². The number of anilines is 1. The number of aryl methyl sites for hydroxylation is 1.